The van der Waals surface area contributed by atoms with Crippen molar-refractivity contribution in [3.05, 3.63) is 58.1 Å². The molecule has 2 amide bonds. The topological polar surface area (TPSA) is 95.6 Å². The van der Waals surface area contributed by atoms with Gasteiger partial charge >= 0.3 is 0 Å². The van der Waals surface area contributed by atoms with Crippen LogP contribution in [0.3, 0.4) is 0 Å². The quantitative estimate of drug-likeness (QED) is 0.728. The second-order valence-corrected chi connectivity index (χ2v) is 9.72. The monoisotopic (exact) mass is 435 g/mol. The minimum absolute atomic E-state index is 0.0295. The highest BCUT2D eigenvalue weighted by Gasteiger charge is 2.24. The summed E-state index contributed by atoms with van der Waals surface area (Å²) in [6.07, 6.45) is 1.96. The largest absolute Gasteiger partial charge is 0.349 e. The van der Waals surface area contributed by atoms with E-state index in [4.69, 9.17) is 11.6 Å². The van der Waals surface area contributed by atoms with Gasteiger partial charge in [0.2, 0.25) is 10.0 Å². The van der Waals surface area contributed by atoms with Crippen LogP contribution in [0.4, 0.5) is 5.69 Å². The standard InChI is InChI=1S/C20H22ClN3O4S/c1-12-4-5-13(19(25)22-14-6-7-14)10-18(12)23-20(26)16-11-15(8-9-17(16)21)29(27,28)24(2)3/h4-5,8-11,14H,6-7H2,1-3H3,(H,22,25)(H,23,26). The number of hydrogen-bond acceptors (Lipinski definition) is 4. The molecule has 29 heavy (non-hydrogen) atoms. The molecule has 0 atom stereocenters. The van der Waals surface area contributed by atoms with Gasteiger partial charge in [-0.05, 0) is 55.7 Å². The van der Waals surface area contributed by atoms with Crippen LogP contribution >= 0.6 is 11.6 Å². The Balaban J connectivity index is 1.87. The maximum absolute atomic E-state index is 12.8. The SMILES string of the molecule is Cc1ccc(C(=O)NC2CC2)cc1NC(=O)c1cc(S(=O)(=O)N(C)C)ccc1Cl. The molecular weight excluding hydrogens is 414 g/mol. The molecule has 1 aliphatic rings. The van der Waals surface area contributed by atoms with Crippen LogP contribution in [0.2, 0.25) is 5.02 Å². The highest BCUT2D eigenvalue weighted by atomic mass is 35.5. The number of amides is 2. The highest BCUT2D eigenvalue weighted by molar-refractivity contribution is 7.89. The third-order valence-electron chi connectivity index (χ3n) is 4.62. The molecule has 9 heteroatoms. The van der Waals surface area contributed by atoms with Gasteiger partial charge in [-0.2, -0.15) is 0 Å². The van der Waals surface area contributed by atoms with Crippen LogP contribution in [0, 0.1) is 6.92 Å². The molecule has 0 radical (unpaired) electrons. The zero-order chi connectivity index (χ0) is 21.3. The Morgan fingerprint density at radius 3 is 2.38 bits per heavy atom. The first-order valence-electron chi connectivity index (χ1n) is 9.04. The molecule has 1 fully saturated rings. The molecule has 2 aromatic rings. The first kappa shape index (κ1) is 21.3. The van der Waals surface area contributed by atoms with Crippen molar-refractivity contribution in [3.8, 4) is 0 Å². The van der Waals surface area contributed by atoms with E-state index in [0.717, 1.165) is 22.7 Å². The molecule has 154 valence electrons. The summed E-state index contributed by atoms with van der Waals surface area (Å²) in [4.78, 5) is 25.0. The summed E-state index contributed by atoms with van der Waals surface area (Å²) >= 11 is 6.14. The van der Waals surface area contributed by atoms with Gasteiger partial charge in [0.25, 0.3) is 11.8 Å². The molecule has 7 nitrogen and oxygen atoms in total. The van der Waals surface area contributed by atoms with Gasteiger partial charge in [0.1, 0.15) is 0 Å². The number of carbonyl (C=O) groups is 2. The minimum Gasteiger partial charge on any atom is -0.349 e. The van der Waals surface area contributed by atoms with E-state index in [0.29, 0.717) is 11.3 Å². The maximum Gasteiger partial charge on any atom is 0.257 e. The summed E-state index contributed by atoms with van der Waals surface area (Å²) in [6.45, 7) is 1.80. The Bertz CT molecular complexity index is 1080. The summed E-state index contributed by atoms with van der Waals surface area (Å²) in [5.74, 6) is -0.756. The Labute approximate surface area is 175 Å². The molecule has 0 bridgehead atoms. The van der Waals surface area contributed by atoms with E-state index in [2.05, 4.69) is 10.6 Å². The van der Waals surface area contributed by atoms with Crippen LogP contribution in [0.1, 0.15) is 39.1 Å². The van der Waals surface area contributed by atoms with Crippen molar-refractivity contribution in [2.75, 3.05) is 19.4 Å². The summed E-state index contributed by atoms with van der Waals surface area (Å²) in [6, 6.07) is 9.22. The lowest BCUT2D eigenvalue weighted by atomic mass is 10.1. The zero-order valence-corrected chi connectivity index (χ0v) is 17.9. The smallest absolute Gasteiger partial charge is 0.257 e. The lowest BCUT2D eigenvalue weighted by molar-refractivity contribution is 0.0949. The number of anilines is 1. The van der Waals surface area contributed by atoms with Gasteiger partial charge in [-0.25, -0.2) is 12.7 Å². The van der Waals surface area contributed by atoms with Crippen molar-refractivity contribution in [2.24, 2.45) is 0 Å². The summed E-state index contributed by atoms with van der Waals surface area (Å²) in [7, 11) is -0.897. The summed E-state index contributed by atoms with van der Waals surface area (Å²) in [5, 5.41) is 5.75. The van der Waals surface area contributed by atoms with E-state index in [1.165, 1.54) is 32.3 Å². The van der Waals surface area contributed by atoms with Gasteiger partial charge in [0.15, 0.2) is 0 Å². The summed E-state index contributed by atoms with van der Waals surface area (Å²) < 4.78 is 25.8. The lowest BCUT2D eigenvalue weighted by Gasteiger charge is -2.14. The van der Waals surface area contributed by atoms with Gasteiger partial charge in [-0.3, -0.25) is 9.59 Å². The second-order valence-electron chi connectivity index (χ2n) is 7.16. The summed E-state index contributed by atoms with van der Waals surface area (Å²) in [5.41, 5.74) is 1.68. The fourth-order valence-electron chi connectivity index (χ4n) is 2.63. The normalized spacial score (nSPS) is 14.0. The zero-order valence-electron chi connectivity index (χ0n) is 16.3. The van der Waals surface area contributed by atoms with Crippen molar-refractivity contribution >= 4 is 39.1 Å². The Hall–Kier alpha value is -2.42. The molecule has 1 saturated carbocycles. The van der Waals surface area contributed by atoms with E-state index in [-0.39, 0.29) is 27.4 Å². The number of aryl methyl sites for hydroxylation is 1. The number of nitrogens with one attached hydrogen (secondary N) is 2. The van der Waals surface area contributed by atoms with Gasteiger partial charge in [-0.15, -0.1) is 0 Å². The van der Waals surface area contributed by atoms with Gasteiger partial charge in [0, 0.05) is 31.4 Å². The van der Waals surface area contributed by atoms with Crippen LogP contribution in [0.15, 0.2) is 41.3 Å². The van der Waals surface area contributed by atoms with Gasteiger partial charge < -0.3 is 10.6 Å². The third-order valence-corrected chi connectivity index (χ3v) is 6.76. The van der Waals surface area contributed by atoms with Gasteiger partial charge in [-0.1, -0.05) is 17.7 Å². The number of benzene rings is 2. The van der Waals surface area contributed by atoms with E-state index >= 15 is 0 Å². The predicted octanol–water partition coefficient (Wildman–Crippen LogP) is 3.04. The molecule has 1 aliphatic carbocycles. The Kier molecular flexibility index (Phi) is 5.97. The second kappa shape index (κ2) is 8.14. The minimum atomic E-state index is -3.71. The lowest BCUT2D eigenvalue weighted by Crippen LogP contribution is -2.25. The van der Waals surface area contributed by atoms with Crippen molar-refractivity contribution in [2.45, 2.75) is 30.7 Å². The third kappa shape index (κ3) is 4.77. The van der Waals surface area contributed by atoms with Crippen LogP contribution in [-0.2, 0) is 10.0 Å². The molecule has 0 heterocycles. The Morgan fingerprint density at radius 2 is 1.76 bits per heavy atom. The van der Waals surface area contributed by atoms with E-state index < -0.39 is 15.9 Å². The molecule has 0 aliphatic heterocycles. The maximum atomic E-state index is 12.8. The van der Waals surface area contributed by atoms with Crippen molar-refractivity contribution in [3.63, 3.8) is 0 Å². The van der Waals surface area contributed by atoms with Crippen molar-refractivity contribution in [1.29, 1.82) is 0 Å². The van der Waals surface area contributed by atoms with E-state index in [9.17, 15) is 18.0 Å². The molecule has 2 aromatic carbocycles. The van der Waals surface area contributed by atoms with Crippen LogP contribution in [0.25, 0.3) is 0 Å². The molecule has 3 rings (SSSR count). The average Bonchev–Trinajstić information content (AvgIpc) is 3.47. The van der Waals surface area contributed by atoms with Crippen molar-refractivity contribution in [1.82, 2.24) is 9.62 Å². The molecule has 0 unspecified atom stereocenters. The number of nitrogens with zero attached hydrogens (tertiary/aromatic N) is 1. The number of halogens is 1. The number of sulfonamides is 1. The van der Waals surface area contributed by atoms with Crippen LogP contribution < -0.4 is 10.6 Å². The number of carbonyl (C=O) groups excluding carboxylic acids is 2. The fraction of sp³-hybridized carbons (Fsp3) is 0.300. The fourth-order valence-corrected chi connectivity index (χ4v) is 3.77. The molecule has 2 N–H and O–H groups in total. The number of hydrogen-bond donors (Lipinski definition) is 2. The van der Waals surface area contributed by atoms with Crippen LogP contribution in [-0.4, -0.2) is 44.7 Å². The van der Waals surface area contributed by atoms with Gasteiger partial charge in [0.05, 0.1) is 15.5 Å². The first-order chi connectivity index (χ1) is 13.6. The molecule has 0 spiro atoms. The predicted molar refractivity (Wildman–Crippen MR) is 112 cm³/mol. The number of rotatable bonds is 6. The average molecular weight is 436 g/mol. The first-order valence-corrected chi connectivity index (χ1v) is 10.9. The highest BCUT2D eigenvalue weighted by Crippen LogP contribution is 2.25. The molecule has 0 aromatic heterocycles. The van der Waals surface area contributed by atoms with E-state index in [1.54, 1.807) is 25.1 Å². The van der Waals surface area contributed by atoms with Crippen molar-refractivity contribution < 1.29 is 18.0 Å². The molecular formula is C20H22ClN3O4S. The van der Waals surface area contributed by atoms with E-state index in [1.807, 2.05) is 0 Å². The van der Waals surface area contributed by atoms with Crippen LogP contribution in [0.5, 0.6) is 0 Å². The molecule has 0 saturated heterocycles. The Morgan fingerprint density at radius 1 is 1.07 bits per heavy atom.